The molecule has 0 aliphatic carbocycles. The van der Waals surface area contributed by atoms with Crippen LogP contribution in [0, 0.1) is 5.82 Å². The number of carbonyl (C=O) groups excluding carboxylic acids is 2. The second kappa shape index (κ2) is 9.47. The number of aromatic nitrogens is 3. The molecular formula is C21H15F4N5O3S. The molecule has 0 bridgehead atoms. The molecule has 0 saturated carbocycles. The summed E-state index contributed by atoms with van der Waals surface area (Å²) in [4.78, 5) is 28.9. The molecule has 4 rings (SSSR count). The van der Waals surface area contributed by atoms with E-state index in [1.807, 2.05) is 0 Å². The number of nitrogens with one attached hydrogen (secondary N) is 2. The predicted octanol–water partition coefficient (Wildman–Crippen LogP) is 3.79. The average Bonchev–Trinajstić information content (AvgIpc) is 3.36. The van der Waals surface area contributed by atoms with Crippen molar-refractivity contribution >= 4 is 33.8 Å². The van der Waals surface area contributed by atoms with Crippen molar-refractivity contribution in [1.82, 2.24) is 19.9 Å². The van der Waals surface area contributed by atoms with Gasteiger partial charge in [-0.1, -0.05) is 12.1 Å². The second-order valence-corrected chi connectivity index (χ2v) is 7.71. The molecule has 2 heterocycles. The highest BCUT2D eigenvalue weighted by atomic mass is 32.1. The van der Waals surface area contributed by atoms with Crippen LogP contribution >= 0.6 is 11.3 Å². The Balaban J connectivity index is 1.31. The largest absolute Gasteiger partial charge is 0.573 e. The van der Waals surface area contributed by atoms with E-state index in [1.54, 1.807) is 28.1 Å². The van der Waals surface area contributed by atoms with Gasteiger partial charge in [0.2, 0.25) is 4.96 Å². The van der Waals surface area contributed by atoms with Gasteiger partial charge in [-0.15, -0.1) is 29.6 Å². The summed E-state index contributed by atoms with van der Waals surface area (Å²) in [6.45, 7) is 0.103. The van der Waals surface area contributed by atoms with Gasteiger partial charge in [-0.05, 0) is 36.4 Å². The minimum Gasteiger partial charge on any atom is -0.406 e. The van der Waals surface area contributed by atoms with Crippen molar-refractivity contribution in [2.45, 2.75) is 12.8 Å². The van der Waals surface area contributed by atoms with Gasteiger partial charge in [0, 0.05) is 24.0 Å². The number of hydrogen-bond donors (Lipinski definition) is 2. The third-order valence-electron chi connectivity index (χ3n) is 4.48. The first-order valence-corrected chi connectivity index (χ1v) is 10.6. The van der Waals surface area contributed by atoms with Gasteiger partial charge in [-0.25, -0.2) is 8.91 Å². The highest BCUT2D eigenvalue weighted by Crippen LogP contribution is 2.24. The highest BCUT2D eigenvalue weighted by Gasteiger charge is 2.31. The van der Waals surface area contributed by atoms with E-state index in [-0.39, 0.29) is 23.6 Å². The number of alkyl halides is 3. The molecule has 13 heteroatoms. The Morgan fingerprint density at radius 3 is 2.50 bits per heavy atom. The van der Waals surface area contributed by atoms with Crippen LogP contribution in [0.4, 0.5) is 23.2 Å². The van der Waals surface area contributed by atoms with Crippen LogP contribution in [0.25, 0.3) is 16.3 Å². The van der Waals surface area contributed by atoms with Gasteiger partial charge in [0.1, 0.15) is 11.6 Å². The Hall–Kier alpha value is -4.00. The molecule has 0 saturated heterocycles. The van der Waals surface area contributed by atoms with Crippen molar-refractivity contribution in [3.05, 3.63) is 65.4 Å². The van der Waals surface area contributed by atoms with Crippen LogP contribution in [0.2, 0.25) is 0 Å². The lowest BCUT2D eigenvalue weighted by molar-refractivity contribution is -0.274. The van der Waals surface area contributed by atoms with Crippen molar-refractivity contribution in [3.63, 3.8) is 0 Å². The van der Waals surface area contributed by atoms with E-state index in [4.69, 9.17) is 0 Å². The van der Waals surface area contributed by atoms with Crippen LogP contribution in [0.15, 0.2) is 53.9 Å². The first kappa shape index (κ1) is 23.2. The molecule has 176 valence electrons. The van der Waals surface area contributed by atoms with E-state index in [0.717, 1.165) is 12.1 Å². The van der Waals surface area contributed by atoms with E-state index in [0.29, 0.717) is 17.1 Å². The molecule has 2 amide bonds. The van der Waals surface area contributed by atoms with Gasteiger partial charge in [-0.2, -0.15) is 4.98 Å². The van der Waals surface area contributed by atoms with Gasteiger partial charge in [0.25, 0.3) is 0 Å². The quantitative estimate of drug-likeness (QED) is 0.315. The molecule has 0 atom stereocenters. The number of carbonyl (C=O) groups is 2. The Morgan fingerprint density at radius 1 is 1.06 bits per heavy atom. The molecule has 0 radical (unpaired) electrons. The lowest BCUT2D eigenvalue weighted by atomic mass is 10.2. The SMILES string of the molecule is O=C(NCCc1csc2nc(-c3ccccc3F)nn12)C(=O)Nc1ccc(OC(F)(F)F)cc1. The van der Waals surface area contributed by atoms with Gasteiger partial charge in [0.15, 0.2) is 5.82 Å². The fourth-order valence-corrected chi connectivity index (χ4v) is 3.82. The van der Waals surface area contributed by atoms with E-state index in [1.165, 1.54) is 29.5 Å². The van der Waals surface area contributed by atoms with E-state index < -0.39 is 29.7 Å². The summed E-state index contributed by atoms with van der Waals surface area (Å²) in [5, 5.41) is 10.9. The monoisotopic (exact) mass is 493 g/mol. The molecular weight excluding hydrogens is 478 g/mol. The maximum atomic E-state index is 14.0. The summed E-state index contributed by atoms with van der Waals surface area (Å²) in [5.74, 6) is -2.57. The maximum absolute atomic E-state index is 14.0. The molecule has 4 aromatic rings. The average molecular weight is 493 g/mol. The third kappa shape index (κ3) is 5.49. The summed E-state index contributed by atoms with van der Waals surface area (Å²) in [6, 6.07) is 10.5. The lowest BCUT2D eigenvalue weighted by Crippen LogP contribution is -2.36. The zero-order valence-corrected chi connectivity index (χ0v) is 17.9. The predicted molar refractivity (Wildman–Crippen MR) is 115 cm³/mol. The Bertz CT molecular complexity index is 1330. The van der Waals surface area contributed by atoms with Crippen LogP contribution in [0.1, 0.15) is 5.69 Å². The molecule has 0 spiro atoms. The summed E-state index contributed by atoms with van der Waals surface area (Å²) >= 11 is 1.30. The van der Waals surface area contributed by atoms with Gasteiger partial charge in [0.05, 0.1) is 11.3 Å². The number of benzene rings is 2. The number of anilines is 1. The Labute approximate surface area is 193 Å². The molecule has 0 unspecified atom stereocenters. The number of fused-ring (bicyclic) bond motifs is 1. The number of ether oxygens (including phenoxy) is 1. The zero-order chi connectivity index (χ0) is 24.3. The third-order valence-corrected chi connectivity index (χ3v) is 5.35. The van der Waals surface area contributed by atoms with Crippen molar-refractivity contribution in [1.29, 1.82) is 0 Å². The zero-order valence-electron chi connectivity index (χ0n) is 17.1. The number of rotatable bonds is 6. The van der Waals surface area contributed by atoms with Crippen LogP contribution < -0.4 is 15.4 Å². The maximum Gasteiger partial charge on any atom is 0.573 e. The molecule has 0 aliphatic rings. The van der Waals surface area contributed by atoms with E-state index >= 15 is 0 Å². The number of hydrogen-bond acceptors (Lipinski definition) is 6. The molecule has 0 aliphatic heterocycles. The van der Waals surface area contributed by atoms with Crippen LogP contribution in [0.3, 0.4) is 0 Å². The van der Waals surface area contributed by atoms with Gasteiger partial charge >= 0.3 is 18.2 Å². The van der Waals surface area contributed by atoms with Crippen molar-refractivity contribution in [2.75, 3.05) is 11.9 Å². The van der Waals surface area contributed by atoms with Crippen LogP contribution in [-0.4, -0.2) is 39.3 Å². The minimum atomic E-state index is -4.83. The number of halogens is 4. The molecule has 34 heavy (non-hydrogen) atoms. The standard InChI is InChI=1S/C21H15F4N5O3S/c22-16-4-2-1-3-15(16)17-28-20-30(29-17)13(11-34-20)9-10-26-18(31)19(32)27-12-5-7-14(8-6-12)33-21(23,24)25/h1-8,11H,9-10H2,(H,26,31)(H,27,32). The summed E-state index contributed by atoms with van der Waals surface area (Å²) in [6.07, 6.45) is -4.51. The lowest BCUT2D eigenvalue weighted by Gasteiger charge is -2.10. The molecule has 2 aromatic carbocycles. The van der Waals surface area contributed by atoms with Gasteiger partial charge in [-0.3, -0.25) is 9.59 Å². The minimum absolute atomic E-state index is 0.103. The second-order valence-electron chi connectivity index (χ2n) is 6.87. The van der Waals surface area contributed by atoms with Crippen LogP contribution in [0.5, 0.6) is 5.75 Å². The van der Waals surface area contributed by atoms with Gasteiger partial charge < -0.3 is 15.4 Å². The van der Waals surface area contributed by atoms with Crippen molar-refractivity contribution in [3.8, 4) is 17.1 Å². The highest BCUT2D eigenvalue weighted by molar-refractivity contribution is 7.15. The first-order chi connectivity index (χ1) is 16.2. The number of thiazole rings is 1. The Kier molecular flexibility index (Phi) is 6.45. The number of nitrogens with zero attached hydrogens (tertiary/aromatic N) is 3. The fraction of sp³-hybridized carbons (Fsp3) is 0.143. The summed E-state index contributed by atoms with van der Waals surface area (Å²) < 4.78 is 55.9. The molecule has 2 aromatic heterocycles. The van der Waals surface area contributed by atoms with Crippen LogP contribution in [-0.2, 0) is 16.0 Å². The number of amides is 2. The van der Waals surface area contributed by atoms with Crippen molar-refractivity contribution < 1.29 is 31.9 Å². The fourth-order valence-electron chi connectivity index (χ4n) is 2.97. The normalized spacial score (nSPS) is 11.4. The summed E-state index contributed by atoms with van der Waals surface area (Å²) in [7, 11) is 0. The topological polar surface area (TPSA) is 97.6 Å². The Morgan fingerprint density at radius 2 is 1.79 bits per heavy atom. The molecule has 8 nitrogen and oxygen atoms in total. The smallest absolute Gasteiger partial charge is 0.406 e. The molecule has 2 N–H and O–H groups in total. The molecule has 0 fully saturated rings. The van der Waals surface area contributed by atoms with E-state index in [9.17, 15) is 27.2 Å². The summed E-state index contributed by atoms with van der Waals surface area (Å²) in [5.41, 5.74) is 1.10. The van der Waals surface area contributed by atoms with Crippen molar-refractivity contribution in [2.24, 2.45) is 0 Å². The van der Waals surface area contributed by atoms with E-state index in [2.05, 4.69) is 25.5 Å². The first-order valence-electron chi connectivity index (χ1n) is 9.72.